The third kappa shape index (κ3) is 2.94. The summed E-state index contributed by atoms with van der Waals surface area (Å²) in [5, 5.41) is 8.87. The van der Waals surface area contributed by atoms with Gasteiger partial charge >= 0.3 is 0 Å². The molecule has 1 aliphatic heterocycles. The number of morpholine rings is 1. The number of aryl methyl sites for hydroxylation is 1. The molecule has 0 radical (unpaired) electrons. The van der Waals surface area contributed by atoms with Crippen molar-refractivity contribution >= 4 is 5.82 Å². The summed E-state index contributed by atoms with van der Waals surface area (Å²) in [4.78, 5) is 2.26. The minimum atomic E-state index is -0.151. The molecule has 0 bridgehead atoms. The Morgan fingerprint density at radius 1 is 1.20 bits per heavy atom. The van der Waals surface area contributed by atoms with E-state index in [2.05, 4.69) is 42.8 Å². The molecule has 0 amide bonds. The smallest absolute Gasteiger partial charge is 0.156 e. The van der Waals surface area contributed by atoms with E-state index in [1.807, 2.05) is 0 Å². The van der Waals surface area contributed by atoms with Crippen LogP contribution in [0.1, 0.15) is 44.5 Å². The minimum Gasteiger partial charge on any atom is -0.372 e. The number of ether oxygens (including phenoxy) is 1. The first-order valence-corrected chi connectivity index (χ1v) is 7.48. The van der Waals surface area contributed by atoms with E-state index in [9.17, 15) is 0 Å². The topological polar surface area (TPSA) is 64.3 Å². The Kier molecular flexibility index (Phi) is 4.60. The Hall–Kier alpha value is -1.20. The largest absolute Gasteiger partial charge is 0.372 e. The van der Waals surface area contributed by atoms with Crippen LogP contribution in [0.15, 0.2) is 0 Å². The van der Waals surface area contributed by atoms with Gasteiger partial charge in [-0.25, -0.2) is 0 Å². The van der Waals surface area contributed by atoms with Gasteiger partial charge in [-0.15, -0.1) is 5.10 Å². The first-order valence-electron chi connectivity index (χ1n) is 7.48. The van der Waals surface area contributed by atoms with Crippen molar-refractivity contribution in [3.8, 4) is 0 Å². The second kappa shape index (κ2) is 6.06. The lowest BCUT2D eigenvalue weighted by Gasteiger charge is -2.39. The van der Waals surface area contributed by atoms with Crippen molar-refractivity contribution < 1.29 is 4.74 Å². The van der Waals surface area contributed by atoms with Gasteiger partial charge in [0.1, 0.15) is 0 Å². The highest BCUT2D eigenvalue weighted by molar-refractivity contribution is 5.52. The second-order valence-electron chi connectivity index (χ2n) is 5.87. The van der Waals surface area contributed by atoms with E-state index >= 15 is 0 Å². The molecule has 2 N–H and O–H groups in total. The molecule has 2 heterocycles. The average Bonchev–Trinajstić information content (AvgIpc) is 2.44. The molecule has 20 heavy (non-hydrogen) atoms. The van der Waals surface area contributed by atoms with Crippen molar-refractivity contribution in [2.45, 2.75) is 52.7 Å². The molecule has 1 aliphatic rings. The van der Waals surface area contributed by atoms with Crippen LogP contribution in [-0.4, -0.2) is 35.5 Å². The molecule has 0 spiro atoms. The molecule has 0 aromatic carbocycles. The third-order valence-corrected chi connectivity index (χ3v) is 3.87. The maximum absolute atomic E-state index is 6.00. The number of hydrogen-bond acceptors (Lipinski definition) is 5. The summed E-state index contributed by atoms with van der Waals surface area (Å²) < 4.78 is 5.77. The number of nitrogens with two attached hydrogens (primary N) is 1. The van der Waals surface area contributed by atoms with Crippen molar-refractivity contribution in [1.82, 2.24) is 10.2 Å². The highest BCUT2D eigenvalue weighted by Crippen LogP contribution is 2.27. The Morgan fingerprint density at radius 2 is 1.95 bits per heavy atom. The SMILES string of the molecule is CCc1nnc(N2CCOC(C)(C)C2)c(CN)c1CC. The van der Waals surface area contributed by atoms with Gasteiger partial charge in [0, 0.05) is 25.2 Å². The van der Waals surface area contributed by atoms with Gasteiger partial charge < -0.3 is 15.4 Å². The molecule has 1 fully saturated rings. The van der Waals surface area contributed by atoms with Gasteiger partial charge in [-0.2, -0.15) is 5.10 Å². The van der Waals surface area contributed by atoms with Crippen LogP contribution in [0, 0.1) is 0 Å². The lowest BCUT2D eigenvalue weighted by atomic mass is 10.0. The summed E-state index contributed by atoms with van der Waals surface area (Å²) in [5.74, 6) is 0.943. The van der Waals surface area contributed by atoms with E-state index in [0.717, 1.165) is 49.6 Å². The molecule has 0 unspecified atom stereocenters. The van der Waals surface area contributed by atoms with E-state index in [-0.39, 0.29) is 5.60 Å². The van der Waals surface area contributed by atoms with Crippen molar-refractivity contribution in [2.24, 2.45) is 5.73 Å². The maximum Gasteiger partial charge on any atom is 0.156 e. The summed E-state index contributed by atoms with van der Waals surface area (Å²) in [5.41, 5.74) is 9.34. The second-order valence-corrected chi connectivity index (χ2v) is 5.87. The summed E-state index contributed by atoms with van der Waals surface area (Å²) in [7, 11) is 0. The number of hydrogen-bond donors (Lipinski definition) is 1. The van der Waals surface area contributed by atoms with Gasteiger partial charge in [-0.1, -0.05) is 13.8 Å². The zero-order valence-electron chi connectivity index (χ0n) is 13.1. The van der Waals surface area contributed by atoms with Gasteiger partial charge in [0.25, 0.3) is 0 Å². The van der Waals surface area contributed by atoms with Crippen LogP contribution in [0.5, 0.6) is 0 Å². The molecule has 0 atom stereocenters. The molecule has 5 heteroatoms. The summed E-state index contributed by atoms with van der Waals surface area (Å²) >= 11 is 0. The van der Waals surface area contributed by atoms with Crippen molar-refractivity contribution in [2.75, 3.05) is 24.6 Å². The van der Waals surface area contributed by atoms with Crippen LogP contribution < -0.4 is 10.6 Å². The van der Waals surface area contributed by atoms with Gasteiger partial charge in [0.15, 0.2) is 5.82 Å². The highest BCUT2D eigenvalue weighted by atomic mass is 16.5. The van der Waals surface area contributed by atoms with Gasteiger partial charge in [0.2, 0.25) is 0 Å². The molecule has 1 saturated heterocycles. The van der Waals surface area contributed by atoms with Gasteiger partial charge in [0.05, 0.1) is 17.9 Å². The van der Waals surface area contributed by atoms with Crippen molar-refractivity contribution in [3.05, 3.63) is 16.8 Å². The fourth-order valence-electron chi connectivity index (χ4n) is 2.90. The Labute approximate surface area is 121 Å². The van der Waals surface area contributed by atoms with Crippen LogP contribution in [0.3, 0.4) is 0 Å². The molecule has 1 aromatic rings. The zero-order chi connectivity index (χ0) is 14.8. The Morgan fingerprint density at radius 3 is 2.50 bits per heavy atom. The van der Waals surface area contributed by atoms with Crippen LogP contribution in [-0.2, 0) is 24.1 Å². The zero-order valence-corrected chi connectivity index (χ0v) is 13.1. The molecule has 5 nitrogen and oxygen atoms in total. The monoisotopic (exact) mass is 278 g/mol. The number of anilines is 1. The molecule has 1 aromatic heterocycles. The molecule has 2 rings (SSSR count). The fraction of sp³-hybridized carbons (Fsp3) is 0.733. The number of rotatable bonds is 4. The van der Waals surface area contributed by atoms with Crippen molar-refractivity contribution in [3.63, 3.8) is 0 Å². The molecule has 0 aliphatic carbocycles. The molecule has 0 saturated carbocycles. The molecular formula is C15H26N4O. The lowest BCUT2D eigenvalue weighted by Crippen LogP contribution is -2.49. The first kappa shape index (κ1) is 15.2. The van der Waals surface area contributed by atoms with E-state index in [1.165, 1.54) is 5.56 Å². The average molecular weight is 278 g/mol. The van der Waals surface area contributed by atoms with Crippen LogP contribution in [0.2, 0.25) is 0 Å². The first-order chi connectivity index (χ1) is 9.52. The van der Waals surface area contributed by atoms with Crippen LogP contribution in [0.25, 0.3) is 0 Å². The number of nitrogens with zero attached hydrogens (tertiary/aromatic N) is 3. The summed E-state index contributed by atoms with van der Waals surface area (Å²) in [6, 6.07) is 0. The summed E-state index contributed by atoms with van der Waals surface area (Å²) in [6.45, 7) is 11.4. The van der Waals surface area contributed by atoms with E-state index < -0.39 is 0 Å². The molecule has 112 valence electrons. The lowest BCUT2D eigenvalue weighted by molar-refractivity contribution is -0.0280. The van der Waals surface area contributed by atoms with E-state index in [1.54, 1.807) is 0 Å². The maximum atomic E-state index is 6.00. The third-order valence-electron chi connectivity index (χ3n) is 3.87. The molecular weight excluding hydrogens is 252 g/mol. The normalized spacial score (nSPS) is 18.4. The Bertz CT molecular complexity index is 473. The Balaban J connectivity index is 2.41. The minimum absolute atomic E-state index is 0.151. The van der Waals surface area contributed by atoms with Gasteiger partial charge in [-0.05, 0) is 32.3 Å². The van der Waals surface area contributed by atoms with Crippen LogP contribution >= 0.6 is 0 Å². The van der Waals surface area contributed by atoms with Crippen molar-refractivity contribution in [1.29, 1.82) is 0 Å². The fourth-order valence-corrected chi connectivity index (χ4v) is 2.90. The highest BCUT2D eigenvalue weighted by Gasteiger charge is 2.30. The van der Waals surface area contributed by atoms with Gasteiger partial charge in [-0.3, -0.25) is 0 Å². The quantitative estimate of drug-likeness (QED) is 0.907. The predicted octanol–water partition coefficient (Wildman–Crippen LogP) is 1.68. The number of aromatic nitrogens is 2. The standard InChI is InChI=1S/C15H26N4O/c1-5-11-12(9-16)14(18-17-13(11)6-2)19-7-8-20-15(3,4)10-19/h5-10,16H2,1-4H3. The van der Waals surface area contributed by atoms with E-state index in [4.69, 9.17) is 10.5 Å². The van der Waals surface area contributed by atoms with Crippen LogP contribution in [0.4, 0.5) is 5.82 Å². The predicted molar refractivity (Wildman–Crippen MR) is 80.9 cm³/mol. The van der Waals surface area contributed by atoms with E-state index in [0.29, 0.717) is 6.54 Å². The summed E-state index contributed by atoms with van der Waals surface area (Å²) in [6.07, 6.45) is 1.85.